The first kappa shape index (κ1) is 25.7. The molecule has 0 atom stereocenters. The fourth-order valence-electron chi connectivity index (χ4n) is 3.87. The van der Waals surface area contributed by atoms with Crippen molar-refractivity contribution in [2.24, 2.45) is 10.9 Å². The molecule has 1 heterocycles. The zero-order valence-corrected chi connectivity index (χ0v) is 21.3. The number of nitrogens with zero attached hydrogens (tertiary/aromatic N) is 3. The number of carbonyl (C=O) groups excluding carboxylic acids is 1. The van der Waals surface area contributed by atoms with E-state index in [2.05, 4.69) is 33.4 Å². The van der Waals surface area contributed by atoms with Crippen molar-refractivity contribution in [2.75, 3.05) is 52.4 Å². The third-order valence-electron chi connectivity index (χ3n) is 5.88. The van der Waals surface area contributed by atoms with Crippen LogP contribution in [0.3, 0.4) is 0 Å². The molecule has 7 nitrogen and oxygen atoms in total. The maximum Gasteiger partial charge on any atom is 0.225 e. The Morgan fingerprint density at radius 3 is 2.52 bits per heavy atom. The van der Waals surface area contributed by atoms with E-state index < -0.39 is 0 Å². The molecule has 31 heavy (non-hydrogen) atoms. The van der Waals surface area contributed by atoms with Gasteiger partial charge in [-0.3, -0.25) is 9.69 Å². The molecule has 1 aliphatic heterocycles. The molecular weight excluding hydrogens is 505 g/mol. The van der Waals surface area contributed by atoms with Gasteiger partial charge >= 0.3 is 0 Å². The number of halogens is 1. The van der Waals surface area contributed by atoms with Crippen LogP contribution in [0.15, 0.2) is 29.3 Å². The van der Waals surface area contributed by atoms with E-state index in [0.29, 0.717) is 25.0 Å². The summed E-state index contributed by atoms with van der Waals surface area (Å²) in [7, 11) is 0. The minimum atomic E-state index is 0. The van der Waals surface area contributed by atoms with Crippen molar-refractivity contribution in [3.05, 3.63) is 29.8 Å². The second-order valence-electron chi connectivity index (χ2n) is 7.96. The summed E-state index contributed by atoms with van der Waals surface area (Å²) < 4.78 is 5.70. The van der Waals surface area contributed by atoms with Gasteiger partial charge in [0.15, 0.2) is 5.96 Å². The predicted octanol–water partition coefficient (Wildman–Crippen LogP) is 2.70. The topological polar surface area (TPSA) is 69.2 Å². The summed E-state index contributed by atoms with van der Waals surface area (Å²) in [4.78, 5) is 21.6. The second kappa shape index (κ2) is 13.8. The van der Waals surface area contributed by atoms with Gasteiger partial charge in [0.1, 0.15) is 5.75 Å². The molecule has 174 valence electrons. The van der Waals surface area contributed by atoms with Crippen LogP contribution in [-0.4, -0.2) is 74.1 Å². The Hall–Kier alpha value is -1.55. The van der Waals surface area contributed by atoms with Crippen molar-refractivity contribution in [1.29, 1.82) is 0 Å². The quantitative estimate of drug-likeness (QED) is 0.285. The maximum atomic E-state index is 12.4. The number of para-hydroxylation sites is 1. The van der Waals surface area contributed by atoms with Gasteiger partial charge in [-0.25, -0.2) is 4.99 Å². The summed E-state index contributed by atoms with van der Waals surface area (Å²) in [6.07, 6.45) is 3.39. The first-order valence-electron chi connectivity index (χ1n) is 11.4. The summed E-state index contributed by atoms with van der Waals surface area (Å²) in [5.74, 6) is 2.41. The van der Waals surface area contributed by atoms with Crippen LogP contribution in [0.5, 0.6) is 5.75 Å². The molecule has 2 aliphatic rings. The normalized spacial score (nSPS) is 17.5. The van der Waals surface area contributed by atoms with Gasteiger partial charge in [-0.1, -0.05) is 24.6 Å². The van der Waals surface area contributed by atoms with E-state index in [4.69, 9.17) is 9.73 Å². The van der Waals surface area contributed by atoms with Crippen LogP contribution in [-0.2, 0) is 11.3 Å². The lowest BCUT2D eigenvalue weighted by Crippen LogP contribution is -2.52. The SMILES string of the molecule is CCNC(=NCc1ccccc1OCC)NCCN1CCN(C(=O)C2CCC2)CC1.I. The lowest BCUT2D eigenvalue weighted by molar-refractivity contribution is -0.139. The molecule has 0 unspecified atom stereocenters. The van der Waals surface area contributed by atoms with E-state index in [1.54, 1.807) is 0 Å². The lowest BCUT2D eigenvalue weighted by atomic mass is 9.84. The van der Waals surface area contributed by atoms with Gasteiger partial charge in [0.05, 0.1) is 13.2 Å². The van der Waals surface area contributed by atoms with Gasteiger partial charge in [-0.2, -0.15) is 0 Å². The van der Waals surface area contributed by atoms with Crippen molar-refractivity contribution in [2.45, 2.75) is 39.7 Å². The van der Waals surface area contributed by atoms with Gasteiger partial charge in [0, 0.05) is 57.3 Å². The van der Waals surface area contributed by atoms with Crippen molar-refractivity contribution >= 4 is 35.8 Å². The highest BCUT2D eigenvalue weighted by Crippen LogP contribution is 2.28. The molecule has 0 radical (unpaired) electrons. The number of aliphatic imine (C=N–C) groups is 1. The average Bonchev–Trinajstić information content (AvgIpc) is 2.72. The van der Waals surface area contributed by atoms with Crippen molar-refractivity contribution < 1.29 is 9.53 Å². The van der Waals surface area contributed by atoms with Gasteiger partial charge in [-0.15, -0.1) is 24.0 Å². The zero-order valence-electron chi connectivity index (χ0n) is 18.9. The van der Waals surface area contributed by atoms with Gasteiger partial charge in [-0.05, 0) is 32.8 Å². The van der Waals surface area contributed by atoms with Gasteiger partial charge in [0.2, 0.25) is 5.91 Å². The van der Waals surface area contributed by atoms with E-state index in [1.807, 2.05) is 25.1 Å². The summed E-state index contributed by atoms with van der Waals surface area (Å²) in [6, 6.07) is 8.05. The van der Waals surface area contributed by atoms with Crippen LogP contribution in [0.25, 0.3) is 0 Å². The van der Waals surface area contributed by atoms with Crippen molar-refractivity contribution in [3.8, 4) is 5.75 Å². The Morgan fingerprint density at radius 1 is 1.13 bits per heavy atom. The number of piperazine rings is 1. The third kappa shape index (κ3) is 7.82. The summed E-state index contributed by atoms with van der Waals surface area (Å²) in [5.41, 5.74) is 1.09. The fraction of sp³-hybridized carbons (Fsp3) is 0.652. The van der Waals surface area contributed by atoms with E-state index in [9.17, 15) is 4.79 Å². The molecule has 2 N–H and O–H groups in total. The molecule has 1 aromatic rings. The van der Waals surface area contributed by atoms with Crippen LogP contribution in [0, 0.1) is 5.92 Å². The number of amides is 1. The van der Waals surface area contributed by atoms with Crippen molar-refractivity contribution in [1.82, 2.24) is 20.4 Å². The number of hydrogen-bond acceptors (Lipinski definition) is 4. The maximum absolute atomic E-state index is 12.4. The molecule has 0 spiro atoms. The Morgan fingerprint density at radius 2 is 1.87 bits per heavy atom. The van der Waals surface area contributed by atoms with Crippen LogP contribution < -0.4 is 15.4 Å². The molecule has 0 bridgehead atoms. The molecule has 1 aromatic carbocycles. The molecule has 1 saturated heterocycles. The minimum Gasteiger partial charge on any atom is -0.494 e. The zero-order chi connectivity index (χ0) is 21.2. The standard InChI is InChI=1S/C23H37N5O2.HI/c1-3-24-23(26-18-20-8-5-6-11-21(20)30-4-2)25-12-13-27-14-16-28(17-15-27)22(29)19-9-7-10-19;/h5-6,8,11,19H,3-4,7,9-10,12-18H2,1-2H3,(H2,24,25,26);1H. The van der Waals surface area contributed by atoms with Gasteiger partial charge < -0.3 is 20.3 Å². The van der Waals surface area contributed by atoms with Crippen LogP contribution in [0.4, 0.5) is 0 Å². The summed E-state index contributed by atoms with van der Waals surface area (Å²) in [6.45, 7) is 11.5. The Labute approximate surface area is 204 Å². The van der Waals surface area contributed by atoms with Crippen LogP contribution in [0.2, 0.25) is 0 Å². The lowest BCUT2D eigenvalue weighted by Gasteiger charge is -2.38. The number of hydrogen-bond donors (Lipinski definition) is 2. The number of ether oxygens (including phenoxy) is 1. The average molecular weight is 543 g/mol. The number of benzene rings is 1. The number of rotatable bonds is 9. The molecule has 1 aliphatic carbocycles. The third-order valence-corrected chi connectivity index (χ3v) is 5.88. The molecule has 1 saturated carbocycles. The number of carbonyl (C=O) groups is 1. The predicted molar refractivity (Wildman–Crippen MR) is 136 cm³/mol. The second-order valence-corrected chi connectivity index (χ2v) is 7.96. The van der Waals surface area contributed by atoms with Crippen LogP contribution >= 0.6 is 24.0 Å². The monoisotopic (exact) mass is 543 g/mol. The van der Waals surface area contributed by atoms with Crippen molar-refractivity contribution in [3.63, 3.8) is 0 Å². The molecule has 2 fully saturated rings. The van der Waals surface area contributed by atoms with E-state index in [0.717, 1.165) is 75.9 Å². The molecule has 8 heteroatoms. The highest BCUT2D eigenvalue weighted by Gasteiger charge is 2.30. The van der Waals surface area contributed by atoms with E-state index in [1.165, 1.54) is 6.42 Å². The number of nitrogens with one attached hydrogen (secondary N) is 2. The van der Waals surface area contributed by atoms with E-state index in [-0.39, 0.29) is 24.0 Å². The van der Waals surface area contributed by atoms with E-state index >= 15 is 0 Å². The molecule has 3 rings (SSSR count). The highest BCUT2D eigenvalue weighted by molar-refractivity contribution is 14.0. The largest absolute Gasteiger partial charge is 0.494 e. The highest BCUT2D eigenvalue weighted by atomic mass is 127. The molecular formula is C23H38IN5O2. The smallest absolute Gasteiger partial charge is 0.225 e. The van der Waals surface area contributed by atoms with Crippen LogP contribution in [0.1, 0.15) is 38.7 Å². The Balaban J connectivity index is 0.00000341. The molecule has 1 amide bonds. The number of guanidine groups is 1. The first-order chi connectivity index (χ1) is 14.7. The molecule has 0 aromatic heterocycles. The first-order valence-corrected chi connectivity index (χ1v) is 11.4. The fourth-order valence-corrected chi connectivity index (χ4v) is 3.87. The minimum absolute atomic E-state index is 0. The summed E-state index contributed by atoms with van der Waals surface area (Å²) in [5, 5.41) is 6.75. The van der Waals surface area contributed by atoms with Gasteiger partial charge in [0.25, 0.3) is 0 Å². The summed E-state index contributed by atoms with van der Waals surface area (Å²) >= 11 is 0. The Bertz CT molecular complexity index is 703. The Kier molecular flexibility index (Phi) is 11.4.